The van der Waals surface area contributed by atoms with Gasteiger partial charge in [0.2, 0.25) is 0 Å². The van der Waals surface area contributed by atoms with Gasteiger partial charge >= 0.3 is 0 Å². The average molecular weight is 172 g/mol. The van der Waals surface area contributed by atoms with Crippen LogP contribution in [-0.4, -0.2) is 24.7 Å². The molecule has 0 saturated heterocycles. The molecule has 2 N–H and O–H groups in total. The molecule has 2 atom stereocenters. The minimum Gasteiger partial charge on any atom is -0.313 e. The van der Waals surface area contributed by atoms with Crippen LogP contribution in [0.4, 0.5) is 0 Å². The Balaban J connectivity index is 3.53. The first-order valence-electron chi connectivity index (χ1n) is 5.07. The molecule has 0 aromatic carbocycles. The third-order valence-electron chi connectivity index (χ3n) is 2.06. The van der Waals surface area contributed by atoms with Crippen LogP contribution < -0.4 is 10.6 Å². The highest BCUT2D eigenvalue weighted by Crippen LogP contribution is 1.93. The summed E-state index contributed by atoms with van der Waals surface area (Å²) in [6.07, 6.45) is 1.21. The van der Waals surface area contributed by atoms with Crippen molar-refractivity contribution in [3.05, 3.63) is 0 Å². The van der Waals surface area contributed by atoms with Crippen LogP contribution in [0.15, 0.2) is 0 Å². The van der Waals surface area contributed by atoms with E-state index in [0.717, 1.165) is 6.54 Å². The summed E-state index contributed by atoms with van der Waals surface area (Å²) in [6, 6.07) is 1.69. The largest absolute Gasteiger partial charge is 0.313 e. The minimum absolute atomic E-state index is 0.552. The van der Waals surface area contributed by atoms with Crippen molar-refractivity contribution in [1.29, 1.82) is 0 Å². The van der Waals surface area contributed by atoms with Crippen molar-refractivity contribution < 1.29 is 0 Å². The normalized spacial score (nSPS) is 16.5. The molecule has 12 heavy (non-hydrogen) atoms. The number of hydrogen-bond donors (Lipinski definition) is 2. The van der Waals surface area contributed by atoms with Crippen LogP contribution in [0.3, 0.4) is 0 Å². The summed E-state index contributed by atoms with van der Waals surface area (Å²) in [4.78, 5) is 0. The molecule has 0 unspecified atom stereocenters. The van der Waals surface area contributed by atoms with Gasteiger partial charge in [-0.2, -0.15) is 0 Å². The van der Waals surface area contributed by atoms with Gasteiger partial charge in [0, 0.05) is 18.1 Å². The molecular formula is C10H24N2. The summed E-state index contributed by atoms with van der Waals surface area (Å²) < 4.78 is 0. The van der Waals surface area contributed by atoms with Crippen molar-refractivity contribution in [2.45, 2.75) is 59.2 Å². The molecule has 2 heteroatoms. The highest BCUT2D eigenvalue weighted by Gasteiger charge is 2.10. The fourth-order valence-electron chi connectivity index (χ4n) is 1.22. The smallest absolute Gasteiger partial charge is 0.0192 e. The summed E-state index contributed by atoms with van der Waals surface area (Å²) in [6.45, 7) is 12.1. The zero-order valence-corrected chi connectivity index (χ0v) is 9.15. The Labute approximate surface area is 77.1 Å². The Morgan fingerprint density at radius 2 is 1.58 bits per heavy atom. The maximum absolute atomic E-state index is 3.49. The second-order valence-corrected chi connectivity index (χ2v) is 3.85. The fraction of sp³-hybridized carbons (Fsp3) is 1.00. The van der Waals surface area contributed by atoms with E-state index in [0.29, 0.717) is 18.1 Å². The number of hydrogen-bond acceptors (Lipinski definition) is 2. The zero-order valence-electron chi connectivity index (χ0n) is 9.15. The predicted molar refractivity (Wildman–Crippen MR) is 55.5 cm³/mol. The lowest BCUT2D eigenvalue weighted by molar-refractivity contribution is 0.385. The van der Waals surface area contributed by atoms with Gasteiger partial charge in [0.25, 0.3) is 0 Å². The molecule has 0 aliphatic rings. The van der Waals surface area contributed by atoms with Crippen molar-refractivity contribution in [1.82, 2.24) is 10.6 Å². The molecule has 74 valence electrons. The molecule has 2 nitrogen and oxygen atoms in total. The van der Waals surface area contributed by atoms with Crippen LogP contribution in [0, 0.1) is 0 Å². The Morgan fingerprint density at radius 3 is 2.00 bits per heavy atom. The molecule has 0 heterocycles. The third-order valence-corrected chi connectivity index (χ3v) is 2.06. The summed E-state index contributed by atoms with van der Waals surface area (Å²) >= 11 is 0. The van der Waals surface area contributed by atoms with Gasteiger partial charge in [-0.05, 0) is 26.8 Å². The highest BCUT2D eigenvalue weighted by atomic mass is 15.0. The van der Waals surface area contributed by atoms with Crippen LogP contribution in [0.1, 0.15) is 41.0 Å². The van der Waals surface area contributed by atoms with E-state index in [1.807, 2.05) is 0 Å². The zero-order chi connectivity index (χ0) is 9.56. The average Bonchev–Trinajstić information content (AvgIpc) is 1.98. The first-order valence-corrected chi connectivity index (χ1v) is 5.07. The van der Waals surface area contributed by atoms with Gasteiger partial charge < -0.3 is 10.6 Å². The topological polar surface area (TPSA) is 24.1 Å². The lowest BCUT2D eigenvalue weighted by atomic mass is 10.1. The predicted octanol–water partition coefficient (Wildman–Crippen LogP) is 1.76. The molecule has 0 aromatic heterocycles. The Bertz CT molecular complexity index is 102. The molecule has 0 rings (SSSR count). The van der Waals surface area contributed by atoms with Crippen molar-refractivity contribution in [3.8, 4) is 0 Å². The van der Waals surface area contributed by atoms with E-state index < -0.39 is 0 Å². The van der Waals surface area contributed by atoms with Crippen LogP contribution in [0.25, 0.3) is 0 Å². The molecule has 0 fully saturated rings. The first-order chi connectivity index (χ1) is 5.57. The van der Waals surface area contributed by atoms with E-state index in [1.165, 1.54) is 6.42 Å². The minimum atomic E-state index is 0.552. The Kier molecular flexibility index (Phi) is 6.39. The van der Waals surface area contributed by atoms with Crippen molar-refractivity contribution in [2.24, 2.45) is 0 Å². The molecule has 0 spiro atoms. The quantitative estimate of drug-likeness (QED) is 0.638. The molecular weight excluding hydrogens is 148 g/mol. The van der Waals surface area contributed by atoms with Gasteiger partial charge in [0.1, 0.15) is 0 Å². The molecule has 0 bridgehead atoms. The molecule has 0 aromatic rings. The van der Waals surface area contributed by atoms with Crippen LogP contribution in [0.5, 0.6) is 0 Å². The maximum atomic E-state index is 3.49. The van der Waals surface area contributed by atoms with Crippen molar-refractivity contribution >= 4 is 0 Å². The second kappa shape index (κ2) is 6.44. The van der Waals surface area contributed by atoms with E-state index in [1.54, 1.807) is 0 Å². The second-order valence-electron chi connectivity index (χ2n) is 3.85. The third kappa shape index (κ3) is 5.56. The van der Waals surface area contributed by atoms with Gasteiger partial charge in [-0.15, -0.1) is 0 Å². The van der Waals surface area contributed by atoms with Gasteiger partial charge in [-0.1, -0.05) is 20.8 Å². The van der Waals surface area contributed by atoms with Crippen molar-refractivity contribution in [3.63, 3.8) is 0 Å². The summed E-state index contributed by atoms with van der Waals surface area (Å²) in [5.74, 6) is 0. The summed E-state index contributed by atoms with van der Waals surface area (Å²) in [5.41, 5.74) is 0. The highest BCUT2D eigenvalue weighted by molar-refractivity contribution is 4.75. The van der Waals surface area contributed by atoms with Gasteiger partial charge in [0.15, 0.2) is 0 Å². The summed E-state index contributed by atoms with van der Waals surface area (Å²) in [5, 5.41) is 6.96. The maximum Gasteiger partial charge on any atom is 0.0192 e. The standard InChI is InChI=1S/C10H24N2/c1-6-7-11-9(4)10(5)12-8(2)3/h8-12H,6-7H2,1-5H3/t9-,10+/m0/s1. The van der Waals surface area contributed by atoms with E-state index in [2.05, 4.69) is 45.3 Å². The summed E-state index contributed by atoms with van der Waals surface area (Å²) in [7, 11) is 0. The van der Waals surface area contributed by atoms with Gasteiger partial charge in [-0.3, -0.25) is 0 Å². The van der Waals surface area contributed by atoms with Crippen LogP contribution in [-0.2, 0) is 0 Å². The van der Waals surface area contributed by atoms with Gasteiger partial charge in [-0.25, -0.2) is 0 Å². The number of rotatable bonds is 6. The van der Waals surface area contributed by atoms with Crippen LogP contribution >= 0.6 is 0 Å². The molecule has 0 aliphatic carbocycles. The lowest BCUT2D eigenvalue weighted by Crippen LogP contribution is -2.46. The fourth-order valence-corrected chi connectivity index (χ4v) is 1.22. The Morgan fingerprint density at radius 1 is 1.00 bits per heavy atom. The molecule has 0 radical (unpaired) electrons. The molecule has 0 amide bonds. The first kappa shape index (κ1) is 11.9. The monoisotopic (exact) mass is 172 g/mol. The van der Waals surface area contributed by atoms with E-state index in [-0.39, 0.29) is 0 Å². The van der Waals surface area contributed by atoms with E-state index >= 15 is 0 Å². The molecule has 0 saturated carbocycles. The van der Waals surface area contributed by atoms with Crippen molar-refractivity contribution in [2.75, 3.05) is 6.54 Å². The van der Waals surface area contributed by atoms with Crippen LogP contribution in [0.2, 0.25) is 0 Å². The SMILES string of the molecule is CCCN[C@@H](C)[C@@H](C)NC(C)C. The number of nitrogens with one attached hydrogen (secondary N) is 2. The van der Waals surface area contributed by atoms with E-state index in [9.17, 15) is 0 Å². The lowest BCUT2D eigenvalue weighted by Gasteiger charge is -2.24. The van der Waals surface area contributed by atoms with Gasteiger partial charge in [0.05, 0.1) is 0 Å². The molecule has 0 aliphatic heterocycles. The Hall–Kier alpha value is -0.0800. The van der Waals surface area contributed by atoms with E-state index in [4.69, 9.17) is 0 Å².